The molecule has 0 N–H and O–H groups in total. The van der Waals surface area contributed by atoms with E-state index in [4.69, 9.17) is 4.74 Å². The molecule has 0 amide bonds. The molecule has 23 heavy (non-hydrogen) atoms. The first-order chi connectivity index (χ1) is 10.7. The number of nitrogens with zero attached hydrogens (tertiary/aromatic N) is 1. The number of ether oxygens (including phenoxy) is 1. The maximum absolute atomic E-state index is 6.19. The SMILES string of the molecule is CCCN1CCOC(C)(C)C1(C)c1ccc(C(C)(C)CC)cc1. The van der Waals surface area contributed by atoms with Crippen LogP contribution in [0.3, 0.4) is 0 Å². The van der Waals surface area contributed by atoms with Gasteiger partial charge in [-0.25, -0.2) is 0 Å². The second-order valence-electron chi connectivity index (χ2n) is 8.23. The molecule has 1 saturated heterocycles. The third kappa shape index (κ3) is 3.21. The van der Waals surface area contributed by atoms with E-state index >= 15 is 0 Å². The summed E-state index contributed by atoms with van der Waals surface area (Å²) < 4.78 is 6.19. The van der Waals surface area contributed by atoms with Crippen LogP contribution in [-0.4, -0.2) is 30.2 Å². The van der Waals surface area contributed by atoms with Gasteiger partial charge in [0, 0.05) is 6.54 Å². The Morgan fingerprint density at radius 1 is 1.09 bits per heavy atom. The van der Waals surface area contributed by atoms with Crippen molar-refractivity contribution in [2.24, 2.45) is 0 Å². The van der Waals surface area contributed by atoms with Crippen molar-refractivity contribution in [3.63, 3.8) is 0 Å². The average molecular weight is 318 g/mol. The van der Waals surface area contributed by atoms with E-state index in [1.807, 2.05) is 0 Å². The van der Waals surface area contributed by atoms with Gasteiger partial charge in [-0.05, 0) is 56.7 Å². The largest absolute Gasteiger partial charge is 0.372 e. The minimum absolute atomic E-state index is 0.0872. The summed E-state index contributed by atoms with van der Waals surface area (Å²) in [5, 5.41) is 0. The highest BCUT2D eigenvalue weighted by molar-refractivity contribution is 5.34. The van der Waals surface area contributed by atoms with Crippen molar-refractivity contribution in [3.05, 3.63) is 35.4 Å². The molecule has 2 heteroatoms. The molecular formula is C21H35NO. The minimum Gasteiger partial charge on any atom is -0.372 e. The molecule has 0 saturated carbocycles. The van der Waals surface area contributed by atoms with Gasteiger partial charge < -0.3 is 4.74 Å². The molecule has 0 aromatic heterocycles. The molecule has 1 aliphatic rings. The Balaban J connectivity index is 2.43. The summed E-state index contributed by atoms with van der Waals surface area (Å²) in [5.74, 6) is 0. The van der Waals surface area contributed by atoms with Gasteiger partial charge in [-0.1, -0.05) is 52.0 Å². The van der Waals surface area contributed by atoms with Crippen molar-refractivity contribution in [1.29, 1.82) is 0 Å². The zero-order valence-corrected chi connectivity index (χ0v) is 16.2. The lowest BCUT2D eigenvalue weighted by Crippen LogP contribution is -2.63. The molecule has 1 atom stereocenters. The van der Waals surface area contributed by atoms with E-state index in [0.717, 1.165) is 26.1 Å². The Labute approximate surface area is 143 Å². The van der Waals surface area contributed by atoms with E-state index in [2.05, 4.69) is 77.6 Å². The number of hydrogen-bond acceptors (Lipinski definition) is 2. The van der Waals surface area contributed by atoms with Gasteiger partial charge in [0.25, 0.3) is 0 Å². The normalized spacial score (nSPS) is 25.5. The summed E-state index contributed by atoms with van der Waals surface area (Å²) in [7, 11) is 0. The molecule has 1 fully saturated rings. The highest BCUT2D eigenvalue weighted by Gasteiger charge is 2.50. The van der Waals surface area contributed by atoms with Crippen molar-refractivity contribution in [2.75, 3.05) is 19.7 Å². The van der Waals surface area contributed by atoms with Crippen LogP contribution in [0.2, 0.25) is 0 Å². The van der Waals surface area contributed by atoms with Crippen molar-refractivity contribution in [1.82, 2.24) is 4.90 Å². The highest BCUT2D eigenvalue weighted by Crippen LogP contribution is 2.43. The molecule has 0 aliphatic carbocycles. The lowest BCUT2D eigenvalue weighted by atomic mass is 9.74. The first-order valence-electron chi connectivity index (χ1n) is 9.19. The van der Waals surface area contributed by atoms with Crippen LogP contribution in [0.4, 0.5) is 0 Å². The van der Waals surface area contributed by atoms with Gasteiger partial charge in [-0.3, -0.25) is 4.90 Å². The van der Waals surface area contributed by atoms with Gasteiger partial charge in [0.05, 0.1) is 17.7 Å². The Hall–Kier alpha value is -0.860. The van der Waals surface area contributed by atoms with E-state index in [1.54, 1.807) is 0 Å². The topological polar surface area (TPSA) is 12.5 Å². The molecule has 2 rings (SSSR count). The van der Waals surface area contributed by atoms with Crippen molar-refractivity contribution < 1.29 is 4.74 Å². The standard InChI is InChI=1S/C21H35NO/c1-8-14-22-15-16-23-20(5,6)21(22,7)18-12-10-17(11-13-18)19(3,4)9-2/h10-13H,8-9,14-16H2,1-7H3. The highest BCUT2D eigenvalue weighted by atomic mass is 16.5. The first-order valence-corrected chi connectivity index (χ1v) is 9.19. The van der Waals surface area contributed by atoms with Gasteiger partial charge in [0.15, 0.2) is 0 Å². The van der Waals surface area contributed by atoms with Crippen molar-refractivity contribution in [3.8, 4) is 0 Å². The molecule has 1 aromatic rings. The first kappa shape index (κ1) is 18.5. The molecule has 0 bridgehead atoms. The number of hydrogen-bond donors (Lipinski definition) is 0. The molecular weight excluding hydrogens is 282 g/mol. The lowest BCUT2D eigenvalue weighted by Gasteiger charge is -2.55. The summed E-state index contributed by atoms with van der Waals surface area (Å²) in [6, 6.07) is 9.29. The monoisotopic (exact) mass is 317 g/mol. The second-order valence-corrected chi connectivity index (χ2v) is 8.23. The van der Waals surface area contributed by atoms with Crippen molar-refractivity contribution in [2.45, 2.75) is 77.9 Å². The van der Waals surface area contributed by atoms with Crippen molar-refractivity contribution >= 4 is 0 Å². The Kier molecular flexibility index (Phi) is 5.27. The second kappa shape index (κ2) is 6.57. The van der Waals surface area contributed by atoms with E-state index in [1.165, 1.54) is 17.5 Å². The smallest absolute Gasteiger partial charge is 0.0848 e. The van der Waals surface area contributed by atoms with Crippen LogP contribution in [0.5, 0.6) is 0 Å². The van der Waals surface area contributed by atoms with E-state index < -0.39 is 0 Å². The Morgan fingerprint density at radius 2 is 1.70 bits per heavy atom. The lowest BCUT2D eigenvalue weighted by molar-refractivity contribution is -0.178. The molecule has 1 aliphatic heterocycles. The maximum Gasteiger partial charge on any atom is 0.0848 e. The zero-order chi connectivity index (χ0) is 17.3. The summed E-state index contributed by atoms with van der Waals surface area (Å²) in [6.07, 6.45) is 2.33. The maximum atomic E-state index is 6.19. The third-order valence-corrected chi connectivity index (χ3v) is 6.23. The fourth-order valence-electron chi connectivity index (χ4n) is 3.74. The summed E-state index contributed by atoms with van der Waals surface area (Å²) >= 11 is 0. The number of rotatable bonds is 5. The molecule has 1 unspecified atom stereocenters. The molecule has 1 aromatic carbocycles. The van der Waals surface area contributed by atoms with Crippen LogP contribution < -0.4 is 0 Å². The van der Waals surface area contributed by atoms with Crippen LogP contribution in [0.1, 0.15) is 72.4 Å². The average Bonchev–Trinajstić information content (AvgIpc) is 2.52. The van der Waals surface area contributed by atoms with Gasteiger partial charge in [0.1, 0.15) is 0 Å². The molecule has 2 nitrogen and oxygen atoms in total. The fraction of sp³-hybridized carbons (Fsp3) is 0.714. The summed E-state index contributed by atoms with van der Waals surface area (Å²) in [5.41, 5.74) is 2.75. The Bertz CT molecular complexity index is 515. The van der Waals surface area contributed by atoms with Gasteiger partial charge >= 0.3 is 0 Å². The van der Waals surface area contributed by atoms with E-state index in [9.17, 15) is 0 Å². The summed E-state index contributed by atoms with van der Waals surface area (Å²) in [6.45, 7) is 18.9. The quantitative estimate of drug-likeness (QED) is 0.748. The minimum atomic E-state index is -0.192. The van der Waals surface area contributed by atoms with Crippen LogP contribution in [0.25, 0.3) is 0 Å². The van der Waals surface area contributed by atoms with Crippen LogP contribution in [0.15, 0.2) is 24.3 Å². The number of morpholine rings is 1. The fourth-order valence-corrected chi connectivity index (χ4v) is 3.74. The van der Waals surface area contributed by atoms with E-state index in [0.29, 0.717) is 0 Å². The third-order valence-electron chi connectivity index (χ3n) is 6.23. The van der Waals surface area contributed by atoms with Crippen LogP contribution in [0, 0.1) is 0 Å². The zero-order valence-electron chi connectivity index (χ0n) is 16.2. The molecule has 1 heterocycles. The predicted octanol–water partition coefficient (Wildman–Crippen LogP) is 5.11. The summed E-state index contributed by atoms with van der Waals surface area (Å²) in [4.78, 5) is 2.61. The predicted molar refractivity (Wildman–Crippen MR) is 99.0 cm³/mol. The van der Waals surface area contributed by atoms with Crippen LogP contribution >= 0.6 is 0 Å². The van der Waals surface area contributed by atoms with E-state index in [-0.39, 0.29) is 16.6 Å². The van der Waals surface area contributed by atoms with Gasteiger partial charge in [-0.15, -0.1) is 0 Å². The molecule has 0 spiro atoms. The molecule has 130 valence electrons. The van der Waals surface area contributed by atoms with Gasteiger partial charge in [0.2, 0.25) is 0 Å². The number of benzene rings is 1. The Morgan fingerprint density at radius 3 is 2.22 bits per heavy atom. The van der Waals surface area contributed by atoms with Gasteiger partial charge in [-0.2, -0.15) is 0 Å². The molecule has 0 radical (unpaired) electrons. The van der Waals surface area contributed by atoms with Crippen LogP contribution in [-0.2, 0) is 15.7 Å².